The lowest BCUT2D eigenvalue weighted by atomic mass is 10.1. The number of hydrogen-bond acceptors (Lipinski definition) is 6. The molecule has 34 heavy (non-hydrogen) atoms. The topological polar surface area (TPSA) is 93.5 Å². The predicted molar refractivity (Wildman–Crippen MR) is 131 cm³/mol. The molecule has 1 aliphatic rings. The number of carbonyl (C=O) groups is 2. The second-order valence-electron chi connectivity index (χ2n) is 8.07. The monoisotopic (exact) mass is 474 g/mol. The molecule has 0 saturated heterocycles. The fourth-order valence-electron chi connectivity index (χ4n) is 4.02. The number of hydrogen-bond donors (Lipinski definition) is 1. The molecule has 5 rings (SSSR count). The molecule has 172 valence electrons. The van der Waals surface area contributed by atoms with Gasteiger partial charge in [-0.1, -0.05) is 42.0 Å². The smallest absolute Gasteiger partial charge is 0.263 e. The number of amides is 2. The maximum atomic E-state index is 13.4. The molecule has 0 fully saturated rings. The number of rotatable bonds is 4. The number of benzene rings is 2. The molecule has 9 heteroatoms. The van der Waals surface area contributed by atoms with Crippen molar-refractivity contribution in [3.63, 3.8) is 0 Å². The van der Waals surface area contributed by atoms with E-state index in [0.29, 0.717) is 21.7 Å². The Bertz CT molecular complexity index is 1460. The minimum absolute atomic E-state index is 0.0486. The number of para-hydroxylation sites is 2. The van der Waals surface area contributed by atoms with E-state index in [1.165, 1.54) is 34.2 Å². The van der Waals surface area contributed by atoms with E-state index in [9.17, 15) is 14.4 Å². The Balaban J connectivity index is 1.49. The Morgan fingerprint density at radius 3 is 2.71 bits per heavy atom. The zero-order valence-corrected chi connectivity index (χ0v) is 19.5. The number of likely N-dealkylation sites (N-methyl/N-ethyl adjacent to an activating group) is 1. The van der Waals surface area contributed by atoms with Crippen molar-refractivity contribution in [2.45, 2.75) is 19.6 Å². The van der Waals surface area contributed by atoms with Crippen LogP contribution in [0.15, 0.2) is 65.0 Å². The molecule has 3 heterocycles. The number of ether oxygens (including phenoxy) is 1. The summed E-state index contributed by atoms with van der Waals surface area (Å²) in [7, 11) is 1.52. The zero-order chi connectivity index (χ0) is 23.8. The summed E-state index contributed by atoms with van der Waals surface area (Å²) in [5, 5.41) is 4.97. The van der Waals surface area contributed by atoms with Crippen LogP contribution in [0, 0.1) is 6.92 Å². The number of thiophene rings is 1. The van der Waals surface area contributed by atoms with Crippen molar-refractivity contribution in [3.8, 4) is 16.9 Å². The minimum Gasteiger partial charge on any atom is -0.477 e. The third-order valence-electron chi connectivity index (χ3n) is 5.84. The molecule has 0 saturated carbocycles. The van der Waals surface area contributed by atoms with Crippen LogP contribution in [0.5, 0.6) is 5.75 Å². The molecule has 8 nitrogen and oxygen atoms in total. The van der Waals surface area contributed by atoms with Crippen LogP contribution in [0.2, 0.25) is 0 Å². The molecule has 0 aliphatic carbocycles. The Hall–Kier alpha value is -3.98. The molecular formula is C25H22N4O4S. The third-order valence-corrected chi connectivity index (χ3v) is 6.73. The molecular weight excluding hydrogens is 452 g/mol. The lowest BCUT2D eigenvalue weighted by molar-refractivity contribution is -0.128. The summed E-state index contributed by atoms with van der Waals surface area (Å²) in [5.74, 6) is -0.218. The molecule has 2 aromatic heterocycles. The summed E-state index contributed by atoms with van der Waals surface area (Å²) in [5.41, 5.74) is 3.14. The molecule has 0 bridgehead atoms. The molecule has 2 aromatic carbocycles. The summed E-state index contributed by atoms with van der Waals surface area (Å²) in [4.78, 5) is 45.5. The van der Waals surface area contributed by atoms with Crippen LogP contribution in [0.1, 0.15) is 5.56 Å². The fraction of sp³-hybridized carbons (Fsp3) is 0.200. The van der Waals surface area contributed by atoms with Crippen LogP contribution in [0.3, 0.4) is 0 Å². The Morgan fingerprint density at radius 1 is 1.18 bits per heavy atom. The molecule has 0 spiro atoms. The van der Waals surface area contributed by atoms with Gasteiger partial charge in [-0.05, 0) is 24.6 Å². The minimum atomic E-state index is -0.841. The van der Waals surface area contributed by atoms with Crippen LogP contribution in [0.25, 0.3) is 21.3 Å². The highest BCUT2D eigenvalue weighted by Crippen LogP contribution is 2.34. The number of carbonyl (C=O) groups excluding carboxylic acids is 2. The highest BCUT2D eigenvalue weighted by Gasteiger charge is 2.33. The van der Waals surface area contributed by atoms with Crippen LogP contribution in [0.4, 0.5) is 5.69 Å². The molecule has 2 amide bonds. The quantitative estimate of drug-likeness (QED) is 0.491. The SMILES string of the molecule is CNC(=O)[C@H]1CN(C(=O)Cn2cnc3scc(-c4ccc(C)cc4)c3c2=O)c2ccccc2O1. The molecule has 1 atom stereocenters. The summed E-state index contributed by atoms with van der Waals surface area (Å²) < 4.78 is 7.10. The van der Waals surface area contributed by atoms with Crippen molar-refractivity contribution >= 4 is 39.1 Å². The summed E-state index contributed by atoms with van der Waals surface area (Å²) in [6.45, 7) is 1.85. The van der Waals surface area contributed by atoms with E-state index >= 15 is 0 Å². The van der Waals surface area contributed by atoms with Gasteiger partial charge in [0.1, 0.15) is 17.1 Å². The van der Waals surface area contributed by atoms with Gasteiger partial charge < -0.3 is 15.0 Å². The molecule has 4 aromatic rings. The van der Waals surface area contributed by atoms with Crippen LogP contribution < -0.4 is 20.5 Å². The van der Waals surface area contributed by atoms with Crippen molar-refractivity contribution in [1.82, 2.24) is 14.9 Å². The van der Waals surface area contributed by atoms with Crippen molar-refractivity contribution < 1.29 is 14.3 Å². The predicted octanol–water partition coefficient (Wildman–Crippen LogP) is 2.97. The number of fused-ring (bicyclic) bond motifs is 2. The maximum Gasteiger partial charge on any atom is 0.263 e. The molecule has 0 unspecified atom stereocenters. The number of nitrogens with one attached hydrogen (secondary N) is 1. The number of aryl methyl sites for hydroxylation is 1. The summed E-state index contributed by atoms with van der Waals surface area (Å²) in [6.07, 6.45) is 0.562. The van der Waals surface area contributed by atoms with Gasteiger partial charge in [0.05, 0.1) is 23.9 Å². The van der Waals surface area contributed by atoms with E-state index < -0.39 is 6.10 Å². The average Bonchev–Trinajstić information content (AvgIpc) is 3.30. The second-order valence-corrected chi connectivity index (χ2v) is 8.92. The standard InChI is InChI=1S/C25H22N4O4S/c1-15-7-9-16(10-8-15)17-13-34-24-22(17)25(32)28(14-27-24)12-21(30)29-11-20(23(31)26-2)33-19-6-4-3-5-18(19)29/h3-10,13-14,20H,11-12H2,1-2H3,(H,26,31)/t20-/m1/s1. The van der Waals surface area contributed by atoms with E-state index in [0.717, 1.165) is 16.7 Å². The van der Waals surface area contributed by atoms with Gasteiger partial charge in [-0.15, -0.1) is 11.3 Å². The number of aromatic nitrogens is 2. The maximum absolute atomic E-state index is 13.4. The van der Waals surface area contributed by atoms with Crippen LogP contribution in [-0.2, 0) is 16.1 Å². The normalized spacial score (nSPS) is 15.0. The Morgan fingerprint density at radius 2 is 1.94 bits per heavy atom. The van der Waals surface area contributed by atoms with Gasteiger partial charge >= 0.3 is 0 Å². The van der Waals surface area contributed by atoms with Crippen molar-refractivity contribution in [3.05, 3.63) is 76.2 Å². The first-order valence-corrected chi connectivity index (χ1v) is 11.7. The lowest BCUT2D eigenvalue weighted by Gasteiger charge is -2.34. The number of nitrogens with zero attached hydrogens (tertiary/aromatic N) is 3. The van der Waals surface area contributed by atoms with E-state index in [4.69, 9.17) is 4.74 Å². The van der Waals surface area contributed by atoms with Gasteiger partial charge in [-0.2, -0.15) is 0 Å². The van der Waals surface area contributed by atoms with Crippen molar-refractivity contribution in [1.29, 1.82) is 0 Å². The van der Waals surface area contributed by atoms with E-state index in [1.54, 1.807) is 24.3 Å². The zero-order valence-electron chi connectivity index (χ0n) is 18.6. The third kappa shape index (κ3) is 3.84. The Kier molecular flexibility index (Phi) is 5.62. The van der Waals surface area contributed by atoms with Gasteiger partial charge in [0.25, 0.3) is 11.5 Å². The van der Waals surface area contributed by atoms with Gasteiger partial charge in [0.2, 0.25) is 5.91 Å². The van der Waals surface area contributed by atoms with E-state index in [-0.39, 0.29) is 30.5 Å². The van der Waals surface area contributed by atoms with Gasteiger partial charge in [0.15, 0.2) is 6.10 Å². The van der Waals surface area contributed by atoms with Crippen LogP contribution >= 0.6 is 11.3 Å². The van der Waals surface area contributed by atoms with E-state index in [1.807, 2.05) is 36.6 Å². The van der Waals surface area contributed by atoms with Gasteiger partial charge in [0, 0.05) is 18.0 Å². The second kappa shape index (κ2) is 8.75. The molecule has 1 aliphatic heterocycles. The molecule has 1 N–H and O–H groups in total. The first-order valence-electron chi connectivity index (χ1n) is 10.8. The van der Waals surface area contributed by atoms with Crippen LogP contribution in [-0.4, -0.2) is 41.1 Å². The summed E-state index contributed by atoms with van der Waals surface area (Å²) in [6, 6.07) is 15.0. The van der Waals surface area contributed by atoms with Gasteiger partial charge in [-0.25, -0.2) is 4.98 Å². The largest absolute Gasteiger partial charge is 0.477 e. The number of anilines is 1. The summed E-state index contributed by atoms with van der Waals surface area (Å²) >= 11 is 1.40. The van der Waals surface area contributed by atoms with E-state index in [2.05, 4.69) is 10.3 Å². The molecule has 0 radical (unpaired) electrons. The average molecular weight is 475 g/mol. The first kappa shape index (κ1) is 21.8. The highest BCUT2D eigenvalue weighted by molar-refractivity contribution is 7.17. The van der Waals surface area contributed by atoms with Gasteiger partial charge in [-0.3, -0.25) is 19.0 Å². The highest BCUT2D eigenvalue weighted by atomic mass is 32.1. The Labute approximate surface area is 199 Å². The lowest BCUT2D eigenvalue weighted by Crippen LogP contribution is -2.51. The fourth-order valence-corrected chi connectivity index (χ4v) is 4.93. The van der Waals surface area contributed by atoms with Crippen molar-refractivity contribution in [2.75, 3.05) is 18.5 Å². The van der Waals surface area contributed by atoms with Crippen molar-refractivity contribution in [2.24, 2.45) is 0 Å². The first-order chi connectivity index (χ1) is 16.5.